The Morgan fingerprint density at radius 2 is 0.649 bits per heavy atom. The molecule has 0 spiro atoms. The van der Waals surface area contributed by atoms with Crippen LogP contribution >= 0.6 is 0 Å². The Morgan fingerprint density at radius 1 is 0.378 bits per heavy atom. The van der Waals surface area contributed by atoms with Gasteiger partial charge in [0.25, 0.3) is 0 Å². The van der Waals surface area contributed by atoms with E-state index in [-0.39, 0.29) is 12.6 Å². The fourth-order valence-corrected chi connectivity index (χ4v) is 2.74. The third-order valence-corrected chi connectivity index (χ3v) is 4.65. The molecule has 0 unspecified atom stereocenters. The Hall–Kier alpha value is -0.890. The summed E-state index contributed by atoms with van der Waals surface area (Å²) in [5.74, 6) is -0.307. The molecule has 0 heterocycles. The minimum absolute atomic E-state index is 0.264. The molecular formula is C26H52O11. The molecule has 11 nitrogen and oxygen atoms in total. The molecule has 0 amide bonds. The van der Waals surface area contributed by atoms with Crippen molar-refractivity contribution in [3.63, 3.8) is 0 Å². The summed E-state index contributed by atoms with van der Waals surface area (Å²) in [5, 5.41) is 0. The molecule has 11 heteroatoms. The maximum atomic E-state index is 10.6. The molecule has 0 aromatic heterocycles. The van der Waals surface area contributed by atoms with Gasteiger partial charge in [0.2, 0.25) is 0 Å². The van der Waals surface area contributed by atoms with Gasteiger partial charge >= 0.3 is 5.97 Å². The molecule has 0 aliphatic heterocycles. The van der Waals surface area contributed by atoms with E-state index in [2.05, 4.69) is 6.92 Å². The maximum Gasteiger partial charge on any atom is 0.302 e. The van der Waals surface area contributed by atoms with Gasteiger partial charge in [-0.2, -0.15) is 0 Å². The quantitative estimate of drug-likeness (QED) is 0.0926. The largest absolute Gasteiger partial charge is 0.463 e. The zero-order chi connectivity index (χ0) is 26.9. The first kappa shape index (κ1) is 36.1. The van der Waals surface area contributed by atoms with Crippen LogP contribution in [0.5, 0.6) is 0 Å². The van der Waals surface area contributed by atoms with Crippen molar-refractivity contribution >= 4 is 5.97 Å². The van der Waals surface area contributed by atoms with Crippen molar-refractivity contribution < 1.29 is 52.2 Å². The van der Waals surface area contributed by atoms with Crippen molar-refractivity contribution in [2.24, 2.45) is 0 Å². The maximum absolute atomic E-state index is 10.6. The normalized spacial score (nSPS) is 11.3. The molecule has 0 saturated carbocycles. The number of esters is 1. The molecule has 0 atom stereocenters. The summed E-state index contributed by atoms with van der Waals surface area (Å²) >= 11 is 0. The topological polar surface area (TPSA) is 109 Å². The van der Waals surface area contributed by atoms with Crippen LogP contribution in [0.2, 0.25) is 0 Å². The highest BCUT2D eigenvalue weighted by atomic mass is 16.6. The van der Waals surface area contributed by atoms with Crippen LogP contribution in [-0.2, 0) is 52.2 Å². The van der Waals surface area contributed by atoms with Gasteiger partial charge in [0, 0.05) is 13.5 Å². The minimum Gasteiger partial charge on any atom is -0.463 e. The van der Waals surface area contributed by atoms with Crippen molar-refractivity contribution in [1.29, 1.82) is 0 Å². The van der Waals surface area contributed by atoms with Crippen LogP contribution in [0, 0.1) is 0 Å². The van der Waals surface area contributed by atoms with Gasteiger partial charge in [-0.05, 0) is 6.42 Å². The SMILES string of the molecule is CCCCCCOCCOCCOCCOCCOCCOCCOCCOCCOCCOC(C)=O. The number of ether oxygens (including phenoxy) is 10. The van der Waals surface area contributed by atoms with Crippen LogP contribution < -0.4 is 0 Å². The lowest BCUT2D eigenvalue weighted by Crippen LogP contribution is -2.15. The Kier molecular flexibility index (Phi) is 32.3. The average Bonchev–Trinajstić information content (AvgIpc) is 2.89. The first-order chi connectivity index (χ1) is 18.3. The van der Waals surface area contributed by atoms with Gasteiger partial charge in [-0.1, -0.05) is 26.2 Å². The Bertz CT molecular complexity index is 441. The molecule has 0 saturated heterocycles. The van der Waals surface area contributed by atoms with E-state index in [0.29, 0.717) is 112 Å². The monoisotopic (exact) mass is 540 g/mol. The molecule has 37 heavy (non-hydrogen) atoms. The Morgan fingerprint density at radius 3 is 0.919 bits per heavy atom. The molecule has 0 aromatic carbocycles. The third-order valence-electron chi connectivity index (χ3n) is 4.65. The molecule has 0 aromatic rings. The van der Waals surface area contributed by atoms with Crippen molar-refractivity contribution in [2.45, 2.75) is 39.5 Å². The summed E-state index contributed by atoms with van der Waals surface area (Å²) in [6.07, 6.45) is 4.89. The second-order valence-electron chi connectivity index (χ2n) is 7.91. The molecule has 0 radical (unpaired) electrons. The fraction of sp³-hybridized carbons (Fsp3) is 0.962. The lowest BCUT2D eigenvalue weighted by atomic mass is 10.2. The summed E-state index contributed by atoms with van der Waals surface area (Å²) in [7, 11) is 0. The zero-order valence-electron chi connectivity index (χ0n) is 23.3. The van der Waals surface area contributed by atoms with E-state index in [9.17, 15) is 4.79 Å². The van der Waals surface area contributed by atoms with E-state index in [1.165, 1.54) is 26.2 Å². The molecule has 0 fully saturated rings. The van der Waals surface area contributed by atoms with Crippen molar-refractivity contribution in [3.05, 3.63) is 0 Å². The van der Waals surface area contributed by atoms with Crippen LogP contribution in [0.25, 0.3) is 0 Å². The highest BCUT2D eigenvalue weighted by Crippen LogP contribution is 1.98. The van der Waals surface area contributed by atoms with Crippen LogP contribution in [0.15, 0.2) is 0 Å². The van der Waals surface area contributed by atoms with E-state index in [4.69, 9.17) is 47.4 Å². The second-order valence-corrected chi connectivity index (χ2v) is 7.91. The summed E-state index contributed by atoms with van der Waals surface area (Å²) in [5.41, 5.74) is 0. The van der Waals surface area contributed by atoms with Gasteiger partial charge in [0.15, 0.2) is 0 Å². The molecular weight excluding hydrogens is 488 g/mol. The van der Waals surface area contributed by atoms with Crippen molar-refractivity contribution in [3.8, 4) is 0 Å². The molecule has 0 N–H and O–H groups in total. The summed E-state index contributed by atoms with van der Waals surface area (Å²) in [6, 6.07) is 0. The number of carbonyl (C=O) groups is 1. The number of hydrogen-bond donors (Lipinski definition) is 0. The summed E-state index contributed by atoms with van der Waals surface area (Å²) in [6.45, 7) is 13.5. The van der Waals surface area contributed by atoms with E-state index in [1.54, 1.807) is 0 Å². The van der Waals surface area contributed by atoms with Gasteiger partial charge in [-0.15, -0.1) is 0 Å². The molecule has 222 valence electrons. The predicted molar refractivity (Wildman–Crippen MR) is 138 cm³/mol. The number of hydrogen-bond acceptors (Lipinski definition) is 11. The van der Waals surface area contributed by atoms with Crippen LogP contribution in [0.4, 0.5) is 0 Å². The average molecular weight is 541 g/mol. The first-order valence-electron chi connectivity index (χ1n) is 13.6. The molecule has 0 bridgehead atoms. The van der Waals surface area contributed by atoms with Gasteiger partial charge in [0.05, 0.1) is 112 Å². The highest BCUT2D eigenvalue weighted by Gasteiger charge is 1.96. The van der Waals surface area contributed by atoms with E-state index >= 15 is 0 Å². The number of carbonyl (C=O) groups excluding carboxylic acids is 1. The van der Waals surface area contributed by atoms with Crippen LogP contribution in [0.3, 0.4) is 0 Å². The lowest BCUT2D eigenvalue weighted by molar-refractivity contribution is -0.142. The van der Waals surface area contributed by atoms with Gasteiger partial charge in [-0.3, -0.25) is 4.79 Å². The molecule has 0 aliphatic rings. The van der Waals surface area contributed by atoms with Gasteiger partial charge in [-0.25, -0.2) is 0 Å². The molecule has 0 rings (SSSR count). The van der Waals surface area contributed by atoms with Crippen LogP contribution in [0.1, 0.15) is 39.5 Å². The molecule has 0 aliphatic carbocycles. The van der Waals surface area contributed by atoms with Crippen molar-refractivity contribution in [1.82, 2.24) is 0 Å². The fourth-order valence-electron chi connectivity index (χ4n) is 2.74. The summed E-state index contributed by atoms with van der Waals surface area (Å²) < 4.78 is 53.6. The van der Waals surface area contributed by atoms with E-state index in [0.717, 1.165) is 13.0 Å². The highest BCUT2D eigenvalue weighted by molar-refractivity contribution is 5.65. The number of rotatable bonds is 32. The van der Waals surface area contributed by atoms with Gasteiger partial charge < -0.3 is 47.4 Å². The third kappa shape index (κ3) is 35.1. The van der Waals surface area contributed by atoms with E-state index in [1.807, 2.05) is 0 Å². The summed E-state index contributed by atoms with van der Waals surface area (Å²) in [4.78, 5) is 10.6. The van der Waals surface area contributed by atoms with Crippen LogP contribution in [-0.4, -0.2) is 132 Å². The van der Waals surface area contributed by atoms with Gasteiger partial charge in [0.1, 0.15) is 6.61 Å². The smallest absolute Gasteiger partial charge is 0.302 e. The lowest BCUT2D eigenvalue weighted by Gasteiger charge is -2.09. The predicted octanol–water partition coefficient (Wildman–Crippen LogP) is 2.28. The number of unbranched alkanes of at least 4 members (excludes halogenated alkanes) is 3. The first-order valence-corrected chi connectivity index (χ1v) is 13.6. The minimum atomic E-state index is -0.307. The Labute approximate surface area is 223 Å². The standard InChI is InChI=1S/C26H52O11/c1-3-4-5-6-7-28-8-9-29-10-11-30-12-13-31-14-15-32-16-17-33-18-19-34-20-21-35-22-23-36-24-25-37-26(2)27/h3-25H2,1-2H3. The Balaban J connectivity index is 3.02. The second kappa shape index (κ2) is 33.1. The van der Waals surface area contributed by atoms with Crippen molar-refractivity contribution in [2.75, 3.05) is 126 Å². The zero-order valence-corrected chi connectivity index (χ0v) is 23.3. The van der Waals surface area contributed by atoms with E-state index < -0.39 is 0 Å².